The number of rotatable bonds is 6. The summed E-state index contributed by atoms with van der Waals surface area (Å²) in [4.78, 5) is 38.3. The van der Waals surface area contributed by atoms with Crippen LogP contribution in [-0.4, -0.2) is 36.4 Å². The number of fused-ring (bicyclic) bond motifs is 1. The highest BCUT2D eigenvalue weighted by Gasteiger charge is 2.26. The fourth-order valence-corrected chi connectivity index (χ4v) is 4.38. The van der Waals surface area contributed by atoms with Crippen LogP contribution in [0.3, 0.4) is 0 Å². The minimum atomic E-state index is -0.363. The maximum atomic E-state index is 12.8. The number of primary amides is 1. The molecule has 33 heavy (non-hydrogen) atoms. The second-order valence-corrected chi connectivity index (χ2v) is 8.57. The zero-order chi connectivity index (χ0) is 23.5. The van der Waals surface area contributed by atoms with Crippen LogP contribution in [-0.2, 0) is 16.0 Å². The molecular weight excluding hydrogens is 420 g/mol. The van der Waals surface area contributed by atoms with Gasteiger partial charge in [0.15, 0.2) is 6.61 Å². The lowest BCUT2D eigenvalue weighted by Gasteiger charge is -2.30. The number of ether oxygens (including phenoxy) is 1. The van der Waals surface area contributed by atoms with E-state index in [1.54, 1.807) is 4.90 Å². The van der Waals surface area contributed by atoms with Crippen molar-refractivity contribution in [1.29, 1.82) is 0 Å². The number of hydrogen-bond acceptors (Lipinski definition) is 5. The van der Waals surface area contributed by atoms with Crippen molar-refractivity contribution in [3.8, 4) is 5.75 Å². The molecule has 3 aromatic rings. The molecule has 1 aliphatic rings. The number of nitrogens with two attached hydrogens (primary N) is 1. The van der Waals surface area contributed by atoms with Gasteiger partial charge in [0.05, 0.1) is 0 Å². The van der Waals surface area contributed by atoms with Crippen molar-refractivity contribution < 1.29 is 18.7 Å². The topological polar surface area (TPSA) is 103 Å². The van der Waals surface area contributed by atoms with E-state index in [-0.39, 0.29) is 30.0 Å². The van der Waals surface area contributed by atoms with E-state index < -0.39 is 0 Å². The van der Waals surface area contributed by atoms with Crippen molar-refractivity contribution in [3.63, 3.8) is 0 Å². The van der Waals surface area contributed by atoms with Crippen LogP contribution in [0.1, 0.15) is 35.1 Å². The highest BCUT2D eigenvalue weighted by molar-refractivity contribution is 5.86. The summed E-state index contributed by atoms with van der Waals surface area (Å²) in [6.07, 6.45) is 1.65. The highest BCUT2D eigenvalue weighted by Crippen LogP contribution is 2.30. The molecule has 0 bridgehead atoms. The molecule has 7 nitrogen and oxygen atoms in total. The molecule has 1 fully saturated rings. The first kappa shape index (κ1) is 22.6. The minimum Gasteiger partial charge on any atom is -0.483 e. The predicted molar refractivity (Wildman–Crippen MR) is 125 cm³/mol. The maximum absolute atomic E-state index is 12.8. The van der Waals surface area contributed by atoms with Gasteiger partial charge >= 0.3 is 5.63 Å². The first-order valence-electron chi connectivity index (χ1n) is 11.1. The molecular formula is C26H28N2O5. The standard InChI is InChI=1S/C26H28N2O5/c1-16-20-8-9-22(32-15-23(29)28-12-10-19(11-13-28)25(27)30)17(2)24(20)33-26(31)21(16)14-18-6-4-3-5-7-18/h3-9,19H,10-15H2,1-2H3,(H2,27,30). The Kier molecular flexibility index (Phi) is 6.49. The molecule has 0 spiro atoms. The molecule has 0 radical (unpaired) electrons. The van der Waals surface area contributed by atoms with Crippen molar-refractivity contribution >= 4 is 22.8 Å². The summed E-state index contributed by atoms with van der Waals surface area (Å²) < 4.78 is 11.5. The number of carbonyl (C=O) groups excluding carboxylic acids is 2. The van der Waals surface area contributed by atoms with Gasteiger partial charge in [0.25, 0.3) is 5.91 Å². The third kappa shape index (κ3) is 4.77. The summed E-state index contributed by atoms with van der Waals surface area (Å²) in [5.74, 6) is -0.126. The zero-order valence-electron chi connectivity index (χ0n) is 18.9. The number of aryl methyl sites for hydroxylation is 2. The maximum Gasteiger partial charge on any atom is 0.340 e. The minimum absolute atomic E-state index is 0.122. The molecule has 4 rings (SSSR count). The van der Waals surface area contributed by atoms with Crippen LogP contribution in [0, 0.1) is 19.8 Å². The summed E-state index contributed by atoms with van der Waals surface area (Å²) >= 11 is 0. The first-order chi connectivity index (χ1) is 15.8. The number of benzene rings is 2. The van der Waals surface area contributed by atoms with Gasteiger partial charge in [-0.25, -0.2) is 4.79 Å². The van der Waals surface area contributed by atoms with Crippen molar-refractivity contribution in [2.24, 2.45) is 11.7 Å². The molecule has 1 saturated heterocycles. The van der Waals surface area contributed by atoms with Gasteiger partial charge in [-0.1, -0.05) is 30.3 Å². The van der Waals surface area contributed by atoms with Gasteiger partial charge < -0.3 is 19.8 Å². The summed E-state index contributed by atoms with van der Waals surface area (Å²) in [6, 6.07) is 13.5. The van der Waals surface area contributed by atoms with E-state index in [4.69, 9.17) is 14.9 Å². The summed E-state index contributed by atoms with van der Waals surface area (Å²) in [5, 5.41) is 0.852. The molecule has 172 valence electrons. The van der Waals surface area contributed by atoms with Crippen LogP contribution in [0.25, 0.3) is 11.0 Å². The Morgan fingerprint density at radius 3 is 2.42 bits per heavy atom. The number of hydrogen-bond donors (Lipinski definition) is 1. The Bertz CT molecular complexity index is 1240. The second-order valence-electron chi connectivity index (χ2n) is 8.57. The number of nitrogens with zero attached hydrogens (tertiary/aromatic N) is 1. The van der Waals surface area contributed by atoms with Gasteiger partial charge in [-0.15, -0.1) is 0 Å². The SMILES string of the molecule is Cc1c(Cc2ccccc2)c(=O)oc2c(C)c(OCC(=O)N3CCC(C(N)=O)CC3)ccc12. The van der Waals surface area contributed by atoms with Crippen LogP contribution in [0.15, 0.2) is 51.7 Å². The smallest absolute Gasteiger partial charge is 0.340 e. The van der Waals surface area contributed by atoms with Crippen LogP contribution in [0.4, 0.5) is 0 Å². The second kappa shape index (κ2) is 9.48. The lowest BCUT2D eigenvalue weighted by Crippen LogP contribution is -2.43. The van der Waals surface area contributed by atoms with E-state index in [1.165, 1.54) is 0 Å². The van der Waals surface area contributed by atoms with Crippen molar-refractivity contribution in [1.82, 2.24) is 4.90 Å². The van der Waals surface area contributed by atoms with Crippen LogP contribution < -0.4 is 16.1 Å². The lowest BCUT2D eigenvalue weighted by molar-refractivity contribution is -0.136. The normalized spacial score (nSPS) is 14.4. The van der Waals surface area contributed by atoms with E-state index >= 15 is 0 Å². The Labute approximate surface area is 192 Å². The molecule has 2 N–H and O–H groups in total. The van der Waals surface area contributed by atoms with Gasteiger partial charge in [0, 0.05) is 41.9 Å². The predicted octanol–water partition coefficient (Wildman–Crippen LogP) is 3.10. The largest absolute Gasteiger partial charge is 0.483 e. The van der Waals surface area contributed by atoms with E-state index in [0.717, 1.165) is 16.5 Å². The van der Waals surface area contributed by atoms with Crippen LogP contribution in [0.2, 0.25) is 0 Å². The van der Waals surface area contributed by atoms with Gasteiger partial charge in [0.2, 0.25) is 5.91 Å². The Morgan fingerprint density at radius 2 is 1.76 bits per heavy atom. The van der Waals surface area contributed by atoms with E-state index in [0.29, 0.717) is 54.8 Å². The van der Waals surface area contributed by atoms with Crippen LogP contribution in [0.5, 0.6) is 5.75 Å². The summed E-state index contributed by atoms with van der Waals surface area (Å²) in [6.45, 7) is 4.61. The number of amides is 2. The van der Waals surface area contributed by atoms with Crippen molar-refractivity contribution in [2.45, 2.75) is 33.1 Å². The molecule has 1 aromatic heterocycles. The Hall–Kier alpha value is -3.61. The molecule has 2 heterocycles. The molecule has 0 unspecified atom stereocenters. The summed E-state index contributed by atoms with van der Waals surface area (Å²) in [5.41, 5.74) is 8.71. The van der Waals surface area contributed by atoms with Crippen LogP contribution >= 0.6 is 0 Å². The van der Waals surface area contributed by atoms with Crippen molar-refractivity contribution in [2.75, 3.05) is 19.7 Å². The molecule has 2 aromatic carbocycles. The molecule has 0 saturated carbocycles. The van der Waals surface area contributed by atoms with Gasteiger partial charge in [-0.2, -0.15) is 0 Å². The molecule has 7 heteroatoms. The first-order valence-corrected chi connectivity index (χ1v) is 11.1. The molecule has 0 aliphatic carbocycles. The van der Waals surface area contributed by atoms with E-state index in [9.17, 15) is 14.4 Å². The molecule has 2 amide bonds. The number of piperidine rings is 1. The Balaban J connectivity index is 1.50. The third-order valence-electron chi connectivity index (χ3n) is 6.48. The van der Waals surface area contributed by atoms with Gasteiger partial charge in [-0.3, -0.25) is 9.59 Å². The van der Waals surface area contributed by atoms with E-state index in [2.05, 4.69) is 0 Å². The lowest BCUT2D eigenvalue weighted by atomic mass is 9.96. The fourth-order valence-electron chi connectivity index (χ4n) is 4.38. The molecule has 0 atom stereocenters. The quantitative estimate of drug-likeness (QED) is 0.584. The monoisotopic (exact) mass is 448 g/mol. The van der Waals surface area contributed by atoms with Gasteiger partial charge in [0.1, 0.15) is 11.3 Å². The summed E-state index contributed by atoms with van der Waals surface area (Å²) in [7, 11) is 0. The van der Waals surface area contributed by atoms with E-state index in [1.807, 2.05) is 56.3 Å². The van der Waals surface area contributed by atoms with Crippen molar-refractivity contribution in [3.05, 3.63) is 75.1 Å². The Morgan fingerprint density at radius 1 is 1.06 bits per heavy atom. The highest BCUT2D eigenvalue weighted by atomic mass is 16.5. The fraction of sp³-hybridized carbons (Fsp3) is 0.346. The molecule has 1 aliphatic heterocycles. The number of carbonyl (C=O) groups is 2. The average Bonchev–Trinajstić information content (AvgIpc) is 2.82. The average molecular weight is 449 g/mol. The third-order valence-corrected chi connectivity index (χ3v) is 6.48. The zero-order valence-corrected chi connectivity index (χ0v) is 18.9. The van der Waals surface area contributed by atoms with Gasteiger partial charge in [-0.05, 0) is 49.9 Å². The number of likely N-dealkylation sites (tertiary alicyclic amines) is 1.